The average molecular weight is 277 g/mol. The summed E-state index contributed by atoms with van der Waals surface area (Å²) in [5.74, 6) is 0.579. The number of nitrogens with two attached hydrogens (primary N) is 1. The van der Waals surface area contributed by atoms with Crippen LogP contribution in [0.3, 0.4) is 0 Å². The molecule has 0 bridgehead atoms. The number of carbonyl (C=O) groups excluding carboxylic acids is 2. The Labute approximate surface area is 118 Å². The highest BCUT2D eigenvalue weighted by Gasteiger charge is 2.23. The predicted octanol–water partition coefficient (Wildman–Crippen LogP) is 1.93. The fraction of sp³-hybridized carbons (Fsp3) is 0.467. The standard InChI is InChI=1S/C15H19NO4/c1-19-14-8-11(15(16)18)6-7-13(14)20-9-12(17)10-4-2-3-5-10/h6-8,10H,2-5,9H2,1H3,(H2,16,18). The van der Waals surface area contributed by atoms with Crippen molar-refractivity contribution in [2.75, 3.05) is 13.7 Å². The monoisotopic (exact) mass is 277 g/mol. The summed E-state index contributed by atoms with van der Waals surface area (Å²) in [7, 11) is 1.48. The number of ether oxygens (including phenoxy) is 2. The Bertz CT molecular complexity index is 507. The van der Waals surface area contributed by atoms with E-state index in [2.05, 4.69) is 0 Å². The molecule has 1 aliphatic rings. The van der Waals surface area contributed by atoms with Gasteiger partial charge in [0.05, 0.1) is 7.11 Å². The minimum Gasteiger partial charge on any atom is -0.493 e. The van der Waals surface area contributed by atoms with E-state index < -0.39 is 5.91 Å². The summed E-state index contributed by atoms with van der Waals surface area (Å²) >= 11 is 0. The molecular weight excluding hydrogens is 258 g/mol. The first kappa shape index (κ1) is 14.4. The van der Waals surface area contributed by atoms with E-state index in [1.807, 2.05) is 0 Å². The summed E-state index contributed by atoms with van der Waals surface area (Å²) in [6.45, 7) is 0.0386. The molecule has 1 aromatic carbocycles. The lowest BCUT2D eigenvalue weighted by Crippen LogP contribution is -2.19. The number of carbonyl (C=O) groups is 2. The maximum Gasteiger partial charge on any atom is 0.248 e. The van der Waals surface area contributed by atoms with Gasteiger partial charge < -0.3 is 15.2 Å². The normalized spacial score (nSPS) is 15.1. The van der Waals surface area contributed by atoms with Gasteiger partial charge in [-0.2, -0.15) is 0 Å². The molecule has 0 aromatic heterocycles. The quantitative estimate of drug-likeness (QED) is 0.861. The number of methoxy groups -OCH3 is 1. The topological polar surface area (TPSA) is 78.6 Å². The Hall–Kier alpha value is -2.04. The van der Waals surface area contributed by atoms with E-state index in [0.29, 0.717) is 17.1 Å². The fourth-order valence-corrected chi connectivity index (χ4v) is 2.45. The smallest absolute Gasteiger partial charge is 0.248 e. The van der Waals surface area contributed by atoms with E-state index in [9.17, 15) is 9.59 Å². The van der Waals surface area contributed by atoms with Crippen molar-refractivity contribution in [2.45, 2.75) is 25.7 Å². The molecule has 5 nitrogen and oxygen atoms in total. The SMILES string of the molecule is COc1cc(C(N)=O)ccc1OCC(=O)C1CCCC1. The molecule has 20 heavy (non-hydrogen) atoms. The number of hydrogen-bond acceptors (Lipinski definition) is 4. The van der Waals surface area contributed by atoms with Crippen molar-refractivity contribution in [3.8, 4) is 11.5 Å². The summed E-state index contributed by atoms with van der Waals surface area (Å²) < 4.78 is 10.7. The molecule has 0 heterocycles. The van der Waals surface area contributed by atoms with Crippen molar-refractivity contribution in [1.82, 2.24) is 0 Å². The molecule has 0 radical (unpaired) electrons. The molecule has 0 unspecified atom stereocenters. The Morgan fingerprint density at radius 3 is 2.55 bits per heavy atom. The first-order valence-electron chi connectivity index (χ1n) is 6.75. The highest BCUT2D eigenvalue weighted by atomic mass is 16.5. The molecule has 0 aliphatic heterocycles. The molecule has 1 saturated carbocycles. The molecule has 0 spiro atoms. The molecular formula is C15H19NO4. The third kappa shape index (κ3) is 3.29. The van der Waals surface area contributed by atoms with E-state index >= 15 is 0 Å². The second-order valence-corrected chi connectivity index (χ2v) is 4.97. The largest absolute Gasteiger partial charge is 0.493 e. The van der Waals surface area contributed by atoms with Gasteiger partial charge in [-0.1, -0.05) is 12.8 Å². The van der Waals surface area contributed by atoms with Gasteiger partial charge in [0.1, 0.15) is 6.61 Å². The Kier molecular flexibility index (Phi) is 4.61. The van der Waals surface area contributed by atoms with E-state index in [1.165, 1.54) is 13.2 Å². The molecule has 1 fully saturated rings. The van der Waals surface area contributed by atoms with Crippen molar-refractivity contribution in [2.24, 2.45) is 11.7 Å². The first-order chi connectivity index (χ1) is 9.61. The fourth-order valence-electron chi connectivity index (χ4n) is 2.45. The minimum absolute atomic E-state index is 0.0386. The van der Waals surface area contributed by atoms with Crippen LogP contribution in [-0.2, 0) is 4.79 Å². The van der Waals surface area contributed by atoms with Crippen LogP contribution in [0.2, 0.25) is 0 Å². The molecule has 2 N–H and O–H groups in total. The average Bonchev–Trinajstić information content (AvgIpc) is 2.98. The van der Waals surface area contributed by atoms with Crippen LogP contribution in [0, 0.1) is 5.92 Å². The number of ketones is 1. The highest BCUT2D eigenvalue weighted by molar-refractivity contribution is 5.93. The zero-order chi connectivity index (χ0) is 14.5. The zero-order valence-electron chi connectivity index (χ0n) is 11.6. The highest BCUT2D eigenvalue weighted by Crippen LogP contribution is 2.29. The first-order valence-corrected chi connectivity index (χ1v) is 6.75. The number of rotatable bonds is 6. The Balaban J connectivity index is 2.01. The molecule has 2 rings (SSSR count). The van der Waals surface area contributed by atoms with E-state index in [0.717, 1.165) is 25.7 Å². The predicted molar refractivity (Wildman–Crippen MR) is 74.0 cm³/mol. The van der Waals surface area contributed by atoms with E-state index in [1.54, 1.807) is 12.1 Å². The summed E-state index contributed by atoms with van der Waals surface area (Å²) in [4.78, 5) is 23.0. The third-order valence-corrected chi connectivity index (χ3v) is 3.63. The molecule has 1 amide bonds. The molecule has 0 atom stereocenters. The van der Waals surface area contributed by atoms with Crippen LogP contribution < -0.4 is 15.2 Å². The Morgan fingerprint density at radius 1 is 1.25 bits per heavy atom. The number of amides is 1. The maximum atomic E-state index is 12.0. The van der Waals surface area contributed by atoms with Gasteiger partial charge in [-0.15, -0.1) is 0 Å². The van der Waals surface area contributed by atoms with Gasteiger partial charge >= 0.3 is 0 Å². The van der Waals surface area contributed by atoms with Crippen molar-refractivity contribution in [1.29, 1.82) is 0 Å². The Morgan fingerprint density at radius 2 is 1.95 bits per heavy atom. The van der Waals surface area contributed by atoms with Crippen molar-refractivity contribution < 1.29 is 19.1 Å². The second kappa shape index (κ2) is 6.41. The third-order valence-electron chi connectivity index (χ3n) is 3.63. The van der Waals surface area contributed by atoms with Crippen LogP contribution in [-0.4, -0.2) is 25.4 Å². The maximum absolute atomic E-state index is 12.0. The van der Waals surface area contributed by atoms with Gasteiger partial charge in [-0.05, 0) is 31.0 Å². The molecule has 1 aliphatic carbocycles. The van der Waals surface area contributed by atoms with Crippen LogP contribution in [0.25, 0.3) is 0 Å². The van der Waals surface area contributed by atoms with Gasteiger partial charge in [0.25, 0.3) is 0 Å². The molecule has 1 aromatic rings. The van der Waals surface area contributed by atoms with Gasteiger partial charge in [0.2, 0.25) is 5.91 Å². The summed E-state index contributed by atoms with van der Waals surface area (Å²) in [6, 6.07) is 4.67. The van der Waals surface area contributed by atoms with Crippen LogP contribution in [0.15, 0.2) is 18.2 Å². The van der Waals surface area contributed by atoms with Gasteiger partial charge in [-0.3, -0.25) is 9.59 Å². The van der Waals surface area contributed by atoms with Crippen LogP contribution in [0.4, 0.5) is 0 Å². The van der Waals surface area contributed by atoms with Crippen molar-refractivity contribution in [3.63, 3.8) is 0 Å². The number of benzene rings is 1. The zero-order valence-corrected chi connectivity index (χ0v) is 11.6. The van der Waals surface area contributed by atoms with E-state index in [4.69, 9.17) is 15.2 Å². The van der Waals surface area contributed by atoms with Crippen molar-refractivity contribution in [3.05, 3.63) is 23.8 Å². The van der Waals surface area contributed by atoms with E-state index in [-0.39, 0.29) is 18.3 Å². The minimum atomic E-state index is -0.531. The molecule has 5 heteroatoms. The van der Waals surface area contributed by atoms with Crippen LogP contribution in [0.1, 0.15) is 36.0 Å². The van der Waals surface area contributed by atoms with Crippen molar-refractivity contribution >= 4 is 11.7 Å². The van der Waals surface area contributed by atoms with Crippen LogP contribution >= 0.6 is 0 Å². The second-order valence-electron chi connectivity index (χ2n) is 4.97. The number of Topliss-reactive ketones (excluding diaryl/α,β-unsaturated/α-hetero) is 1. The molecule has 0 saturated heterocycles. The summed E-state index contributed by atoms with van der Waals surface area (Å²) in [5, 5.41) is 0. The summed E-state index contributed by atoms with van der Waals surface area (Å²) in [6.07, 6.45) is 4.15. The van der Waals surface area contributed by atoms with Gasteiger partial charge in [-0.25, -0.2) is 0 Å². The lowest BCUT2D eigenvalue weighted by atomic mass is 10.0. The lowest BCUT2D eigenvalue weighted by molar-refractivity contribution is -0.124. The summed E-state index contributed by atoms with van der Waals surface area (Å²) in [5.41, 5.74) is 5.55. The lowest BCUT2D eigenvalue weighted by Gasteiger charge is -2.13. The number of hydrogen-bond donors (Lipinski definition) is 1. The molecule has 108 valence electrons. The van der Waals surface area contributed by atoms with Gasteiger partial charge in [0.15, 0.2) is 17.3 Å². The van der Waals surface area contributed by atoms with Crippen LogP contribution in [0.5, 0.6) is 11.5 Å². The van der Waals surface area contributed by atoms with Gasteiger partial charge in [0, 0.05) is 11.5 Å². The number of primary amides is 1.